The van der Waals surface area contributed by atoms with Gasteiger partial charge in [-0.3, -0.25) is 0 Å². The van der Waals surface area contributed by atoms with Gasteiger partial charge in [0.25, 0.3) is 0 Å². The van der Waals surface area contributed by atoms with Crippen LogP contribution in [0.1, 0.15) is 34.6 Å². The first-order chi connectivity index (χ1) is 6.46. The van der Waals surface area contributed by atoms with E-state index < -0.39 is 20.8 Å². The van der Waals surface area contributed by atoms with Gasteiger partial charge in [0, 0.05) is 0 Å². The van der Waals surface area contributed by atoms with E-state index in [0.717, 1.165) is 0 Å². The van der Waals surface area contributed by atoms with E-state index in [-0.39, 0.29) is 10.7 Å². The molecule has 0 radical (unpaired) electrons. The molecule has 0 aromatic carbocycles. The van der Waals surface area contributed by atoms with Gasteiger partial charge in [-0.05, 0) is 26.7 Å². The maximum atomic E-state index is 11.9. The molecule has 0 spiro atoms. The largest absolute Gasteiger partial charge is 0.242 e. The predicted octanol–water partition coefficient (Wildman–Crippen LogP) is 3.43. The Hall–Kier alpha value is 0.980. The Labute approximate surface area is 110 Å². The van der Waals surface area contributed by atoms with Crippen LogP contribution in [0.3, 0.4) is 0 Å². The SMILES string of the molecule is CC(C)[C@H](NS(=O)C(C)(C)C)C(Cl)(Cl)Cl. The second kappa shape index (κ2) is 5.54. The van der Waals surface area contributed by atoms with Crippen LogP contribution in [0.2, 0.25) is 0 Å². The Morgan fingerprint density at radius 3 is 1.73 bits per heavy atom. The van der Waals surface area contributed by atoms with Crippen LogP contribution in [0.25, 0.3) is 0 Å². The molecule has 15 heavy (non-hydrogen) atoms. The molecule has 0 aliphatic carbocycles. The molecule has 0 aromatic rings. The molecule has 0 amide bonds. The third-order valence-corrected chi connectivity index (χ3v) is 4.10. The minimum Gasteiger partial charge on any atom is -0.242 e. The van der Waals surface area contributed by atoms with Gasteiger partial charge >= 0.3 is 0 Å². The summed E-state index contributed by atoms with van der Waals surface area (Å²) in [6.07, 6.45) is 0. The Bertz CT molecular complexity index is 232. The molecule has 0 aliphatic rings. The van der Waals surface area contributed by atoms with Crippen molar-refractivity contribution in [1.29, 1.82) is 0 Å². The number of nitrogens with one attached hydrogen (secondary N) is 1. The van der Waals surface area contributed by atoms with Gasteiger partial charge in [0.1, 0.15) is 0 Å². The molecule has 0 rings (SSSR count). The molecule has 0 saturated heterocycles. The Morgan fingerprint density at radius 1 is 1.13 bits per heavy atom. The van der Waals surface area contributed by atoms with Gasteiger partial charge in [-0.2, -0.15) is 0 Å². The molecule has 0 fully saturated rings. The van der Waals surface area contributed by atoms with Gasteiger partial charge < -0.3 is 0 Å². The van der Waals surface area contributed by atoms with E-state index >= 15 is 0 Å². The van der Waals surface area contributed by atoms with Crippen molar-refractivity contribution in [3.05, 3.63) is 0 Å². The lowest BCUT2D eigenvalue weighted by molar-refractivity contribution is 0.461. The maximum absolute atomic E-state index is 11.9. The van der Waals surface area contributed by atoms with Crippen LogP contribution >= 0.6 is 34.8 Å². The first kappa shape index (κ1) is 16.0. The lowest BCUT2D eigenvalue weighted by atomic mass is 10.1. The standard InChI is InChI=1S/C9H18Cl3NOS/c1-6(2)7(9(10,11)12)13-15(14)8(3,4)5/h6-7,13H,1-5H3/t7-,15?/m0/s1. The van der Waals surface area contributed by atoms with E-state index in [2.05, 4.69) is 4.72 Å². The van der Waals surface area contributed by atoms with Gasteiger partial charge in [-0.15, -0.1) is 0 Å². The zero-order valence-electron chi connectivity index (χ0n) is 9.61. The normalized spacial score (nSPS) is 17.9. The number of rotatable bonds is 3. The average Bonchev–Trinajstić information content (AvgIpc) is 1.94. The summed E-state index contributed by atoms with van der Waals surface area (Å²) in [6.45, 7) is 9.43. The lowest BCUT2D eigenvalue weighted by Crippen LogP contribution is -2.48. The molecule has 6 heteroatoms. The lowest BCUT2D eigenvalue weighted by Gasteiger charge is -2.31. The summed E-state index contributed by atoms with van der Waals surface area (Å²) in [6, 6.07) is -0.428. The zero-order chi connectivity index (χ0) is 12.4. The summed E-state index contributed by atoms with van der Waals surface area (Å²) in [4.78, 5) is 0. The highest BCUT2D eigenvalue weighted by molar-refractivity contribution is 7.84. The van der Waals surface area contributed by atoms with Crippen molar-refractivity contribution >= 4 is 45.8 Å². The van der Waals surface area contributed by atoms with Gasteiger partial charge in [-0.1, -0.05) is 48.7 Å². The van der Waals surface area contributed by atoms with Crippen LogP contribution in [0.5, 0.6) is 0 Å². The number of alkyl halides is 3. The molecule has 0 aromatic heterocycles. The fourth-order valence-electron chi connectivity index (χ4n) is 0.873. The fourth-order valence-corrected chi connectivity index (χ4v) is 3.02. The van der Waals surface area contributed by atoms with Gasteiger partial charge in [0.05, 0.1) is 21.8 Å². The highest BCUT2D eigenvalue weighted by Gasteiger charge is 2.37. The van der Waals surface area contributed by atoms with E-state index in [9.17, 15) is 4.21 Å². The van der Waals surface area contributed by atoms with Crippen LogP contribution < -0.4 is 4.72 Å². The summed E-state index contributed by atoms with van der Waals surface area (Å²) in [5, 5.41) is 0. The molecular weight excluding hydrogens is 277 g/mol. The van der Waals surface area contributed by atoms with Crippen molar-refractivity contribution in [3.8, 4) is 0 Å². The summed E-state index contributed by atoms with van der Waals surface area (Å²) < 4.78 is 12.9. The average molecular weight is 295 g/mol. The third kappa shape index (κ3) is 5.73. The molecule has 92 valence electrons. The minimum absolute atomic E-state index is 0.0869. The molecule has 0 bridgehead atoms. The van der Waals surface area contributed by atoms with Crippen molar-refractivity contribution in [2.24, 2.45) is 5.92 Å². The number of hydrogen-bond acceptors (Lipinski definition) is 1. The van der Waals surface area contributed by atoms with E-state index in [4.69, 9.17) is 34.8 Å². The summed E-state index contributed by atoms with van der Waals surface area (Å²) >= 11 is 17.5. The Balaban J connectivity index is 4.66. The van der Waals surface area contributed by atoms with E-state index in [1.807, 2.05) is 34.6 Å². The van der Waals surface area contributed by atoms with Crippen molar-refractivity contribution in [2.75, 3.05) is 0 Å². The van der Waals surface area contributed by atoms with Gasteiger partial charge in [0.15, 0.2) is 0 Å². The number of hydrogen-bond donors (Lipinski definition) is 1. The second-order valence-corrected chi connectivity index (χ2v) is 9.13. The van der Waals surface area contributed by atoms with E-state index in [1.165, 1.54) is 0 Å². The van der Waals surface area contributed by atoms with Gasteiger partial charge in [-0.25, -0.2) is 8.93 Å². The molecule has 0 heterocycles. The number of halogens is 3. The quantitative estimate of drug-likeness (QED) is 0.794. The minimum atomic E-state index is -1.45. The van der Waals surface area contributed by atoms with Crippen LogP contribution in [0.4, 0.5) is 0 Å². The van der Waals surface area contributed by atoms with Crippen LogP contribution in [0, 0.1) is 5.92 Å². The van der Waals surface area contributed by atoms with Crippen LogP contribution in [-0.4, -0.2) is 18.8 Å². The third-order valence-electron chi connectivity index (χ3n) is 1.81. The first-order valence-electron chi connectivity index (χ1n) is 4.71. The zero-order valence-corrected chi connectivity index (χ0v) is 12.7. The maximum Gasteiger partial charge on any atom is 0.206 e. The first-order valence-corrected chi connectivity index (χ1v) is 6.99. The Kier molecular flexibility index (Phi) is 5.91. The highest BCUT2D eigenvalue weighted by atomic mass is 35.6. The van der Waals surface area contributed by atoms with Crippen molar-refractivity contribution in [2.45, 2.75) is 49.2 Å². The topological polar surface area (TPSA) is 29.1 Å². The van der Waals surface area contributed by atoms with Crippen LogP contribution in [-0.2, 0) is 11.0 Å². The summed E-state index contributed by atoms with van der Waals surface area (Å²) in [5.41, 5.74) is 0. The van der Waals surface area contributed by atoms with Crippen molar-refractivity contribution < 1.29 is 4.21 Å². The smallest absolute Gasteiger partial charge is 0.206 e. The fraction of sp³-hybridized carbons (Fsp3) is 1.00. The highest BCUT2D eigenvalue weighted by Crippen LogP contribution is 2.34. The Morgan fingerprint density at radius 2 is 1.53 bits per heavy atom. The van der Waals surface area contributed by atoms with Gasteiger partial charge in [0.2, 0.25) is 3.79 Å². The summed E-state index contributed by atoms with van der Waals surface area (Å²) in [5.74, 6) is 0.0869. The van der Waals surface area contributed by atoms with Crippen molar-refractivity contribution in [1.82, 2.24) is 4.72 Å². The monoisotopic (exact) mass is 293 g/mol. The molecule has 2 atom stereocenters. The predicted molar refractivity (Wildman–Crippen MR) is 69.9 cm³/mol. The molecule has 1 unspecified atom stereocenters. The molecule has 1 N–H and O–H groups in total. The molecule has 0 aliphatic heterocycles. The second-order valence-electron chi connectivity index (χ2n) is 4.76. The summed E-state index contributed by atoms with van der Waals surface area (Å²) in [7, 11) is -1.24. The van der Waals surface area contributed by atoms with E-state index in [0.29, 0.717) is 0 Å². The molecule has 2 nitrogen and oxygen atoms in total. The van der Waals surface area contributed by atoms with Crippen LogP contribution in [0.15, 0.2) is 0 Å². The molecule has 0 saturated carbocycles. The van der Waals surface area contributed by atoms with Crippen molar-refractivity contribution in [3.63, 3.8) is 0 Å². The van der Waals surface area contributed by atoms with E-state index in [1.54, 1.807) is 0 Å². The molecular formula is C9H18Cl3NOS.